The second kappa shape index (κ2) is 7.07. The first-order valence-electron chi connectivity index (χ1n) is 5.78. The maximum absolute atomic E-state index is 12.3. The zero-order chi connectivity index (χ0) is 18.7. The van der Waals surface area contributed by atoms with Gasteiger partial charge in [-0.1, -0.05) is 11.6 Å². The van der Waals surface area contributed by atoms with E-state index in [0.717, 1.165) is 6.07 Å². The Morgan fingerprint density at radius 3 is 1.58 bits per heavy atom. The summed E-state index contributed by atoms with van der Waals surface area (Å²) in [5.74, 6) is -1.09. The van der Waals surface area contributed by atoms with Gasteiger partial charge in [-0.3, -0.25) is 0 Å². The molecule has 0 bridgehead atoms. The average Bonchev–Trinajstić information content (AvgIpc) is 2.43. The molecule has 2 heterocycles. The summed E-state index contributed by atoms with van der Waals surface area (Å²) in [5.41, 5.74) is 7.27. The molecule has 0 amide bonds. The highest BCUT2D eigenvalue weighted by Crippen LogP contribution is 2.31. The minimum Gasteiger partial charge on any atom is -0.396 e. The summed E-state index contributed by atoms with van der Waals surface area (Å²) >= 11 is 5.33. The van der Waals surface area contributed by atoms with Crippen LogP contribution >= 0.6 is 11.6 Å². The van der Waals surface area contributed by atoms with Crippen molar-refractivity contribution in [3.8, 4) is 0 Å². The molecule has 0 aromatic carbocycles. The third-order valence-electron chi connectivity index (χ3n) is 2.39. The molecule has 0 aliphatic rings. The van der Waals surface area contributed by atoms with Gasteiger partial charge in [0.2, 0.25) is 5.95 Å². The van der Waals surface area contributed by atoms with Crippen LogP contribution in [-0.4, -0.2) is 9.97 Å². The van der Waals surface area contributed by atoms with Crippen LogP contribution in [0.4, 0.5) is 42.1 Å². The molecule has 0 spiro atoms. The SMILES string of the molecule is Nc1cc(C(F)(F)F)cnc1Cl.Nc1cc(C(F)(F)F)cnc1F. The van der Waals surface area contributed by atoms with Crippen molar-refractivity contribution in [1.29, 1.82) is 0 Å². The van der Waals surface area contributed by atoms with Crippen LogP contribution in [0.25, 0.3) is 0 Å². The summed E-state index contributed by atoms with van der Waals surface area (Å²) in [6.45, 7) is 0. The summed E-state index contributed by atoms with van der Waals surface area (Å²) in [5, 5.41) is -0.122. The van der Waals surface area contributed by atoms with Crippen molar-refractivity contribution in [3.63, 3.8) is 0 Å². The lowest BCUT2D eigenvalue weighted by Crippen LogP contribution is -2.07. The van der Waals surface area contributed by atoms with E-state index in [1.165, 1.54) is 0 Å². The lowest BCUT2D eigenvalue weighted by Gasteiger charge is -2.06. The van der Waals surface area contributed by atoms with Crippen LogP contribution in [0.3, 0.4) is 0 Å². The number of halogens is 8. The molecule has 12 heteroatoms. The standard InChI is InChI=1S/C6H4ClF3N2.C6H4F4N2/c2*7-5-4(11)1-3(2-12-5)6(8,9)10/h2*1-2H,11H2. The van der Waals surface area contributed by atoms with Crippen molar-refractivity contribution in [2.45, 2.75) is 12.4 Å². The Kier molecular flexibility index (Phi) is 5.82. The number of nitrogen functional groups attached to an aromatic ring is 2. The van der Waals surface area contributed by atoms with Gasteiger partial charge in [0.25, 0.3) is 0 Å². The Labute approximate surface area is 135 Å². The molecule has 0 atom stereocenters. The average molecular weight is 377 g/mol. The highest BCUT2D eigenvalue weighted by Gasteiger charge is 2.32. The highest BCUT2D eigenvalue weighted by molar-refractivity contribution is 6.31. The van der Waals surface area contributed by atoms with E-state index in [0.29, 0.717) is 18.5 Å². The number of nitrogens with two attached hydrogens (primary N) is 2. The Morgan fingerprint density at radius 1 is 0.792 bits per heavy atom. The largest absolute Gasteiger partial charge is 0.417 e. The number of aromatic nitrogens is 2. The quantitative estimate of drug-likeness (QED) is 0.534. The monoisotopic (exact) mass is 376 g/mol. The third-order valence-corrected chi connectivity index (χ3v) is 2.70. The van der Waals surface area contributed by atoms with E-state index >= 15 is 0 Å². The molecule has 2 rings (SSSR count). The zero-order valence-electron chi connectivity index (χ0n) is 11.4. The molecule has 0 aliphatic carbocycles. The van der Waals surface area contributed by atoms with Gasteiger partial charge in [-0.05, 0) is 12.1 Å². The van der Waals surface area contributed by atoms with Gasteiger partial charge in [-0.25, -0.2) is 9.97 Å². The molecule has 4 N–H and O–H groups in total. The van der Waals surface area contributed by atoms with E-state index < -0.39 is 35.1 Å². The van der Waals surface area contributed by atoms with Gasteiger partial charge in [-0.2, -0.15) is 30.7 Å². The first-order valence-corrected chi connectivity index (χ1v) is 6.16. The molecule has 24 heavy (non-hydrogen) atoms. The first-order chi connectivity index (χ1) is 10.8. The van der Waals surface area contributed by atoms with Crippen LogP contribution in [0.5, 0.6) is 0 Å². The topological polar surface area (TPSA) is 77.8 Å². The minimum atomic E-state index is -4.53. The second-order valence-corrected chi connectivity index (χ2v) is 4.56. The molecule has 4 nitrogen and oxygen atoms in total. The Balaban J connectivity index is 0.000000240. The first kappa shape index (κ1) is 19.7. The van der Waals surface area contributed by atoms with Crippen LogP contribution < -0.4 is 11.5 Å². The number of hydrogen-bond donors (Lipinski definition) is 2. The molecule has 2 aromatic heterocycles. The lowest BCUT2D eigenvalue weighted by molar-refractivity contribution is -0.138. The molecule has 2 aromatic rings. The van der Waals surface area contributed by atoms with Crippen molar-refractivity contribution in [1.82, 2.24) is 9.97 Å². The fourth-order valence-electron chi connectivity index (χ4n) is 1.24. The minimum absolute atomic E-state index is 0.122. The Bertz CT molecular complexity index is 654. The van der Waals surface area contributed by atoms with Gasteiger partial charge in [0.1, 0.15) is 0 Å². The normalized spacial score (nSPS) is 11.7. The van der Waals surface area contributed by atoms with Crippen molar-refractivity contribution in [2.24, 2.45) is 0 Å². The van der Waals surface area contributed by atoms with Gasteiger partial charge < -0.3 is 11.5 Å². The fraction of sp³-hybridized carbons (Fsp3) is 0.167. The van der Waals surface area contributed by atoms with Crippen molar-refractivity contribution in [3.05, 3.63) is 46.8 Å². The number of rotatable bonds is 0. The summed E-state index contributed by atoms with van der Waals surface area (Å²) in [4.78, 5) is 6.10. The number of nitrogens with zero attached hydrogens (tertiary/aromatic N) is 2. The molecule has 0 fully saturated rings. The lowest BCUT2D eigenvalue weighted by atomic mass is 10.2. The smallest absolute Gasteiger partial charge is 0.396 e. The fourth-order valence-corrected chi connectivity index (χ4v) is 1.34. The van der Waals surface area contributed by atoms with Gasteiger partial charge in [0, 0.05) is 12.4 Å². The molecule has 0 aliphatic heterocycles. The van der Waals surface area contributed by atoms with Crippen LogP contribution in [0, 0.1) is 5.95 Å². The van der Waals surface area contributed by atoms with Gasteiger partial charge in [-0.15, -0.1) is 0 Å². The number of pyridine rings is 2. The van der Waals surface area contributed by atoms with Crippen LogP contribution in [0.15, 0.2) is 24.5 Å². The molecular weight excluding hydrogens is 369 g/mol. The van der Waals surface area contributed by atoms with Gasteiger partial charge in [0.15, 0.2) is 5.15 Å². The summed E-state index contributed by atoms with van der Waals surface area (Å²) in [6.07, 6.45) is -7.93. The second-order valence-electron chi connectivity index (χ2n) is 4.20. The van der Waals surface area contributed by atoms with E-state index in [2.05, 4.69) is 9.97 Å². The predicted octanol–water partition coefficient (Wildman–Crippen LogP) is 4.16. The molecular formula is C12H8ClF7N4. The maximum Gasteiger partial charge on any atom is 0.417 e. The van der Waals surface area contributed by atoms with E-state index in [1.54, 1.807) is 0 Å². The molecule has 0 saturated carbocycles. The van der Waals surface area contributed by atoms with E-state index in [9.17, 15) is 30.7 Å². The summed E-state index contributed by atoms with van der Waals surface area (Å²) in [6, 6.07) is 1.25. The highest BCUT2D eigenvalue weighted by atomic mass is 35.5. The molecule has 132 valence electrons. The summed E-state index contributed by atoms with van der Waals surface area (Å²) < 4.78 is 83.8. The van der Waals surface area contributed by atoms with E-state index in [-0.39, 0.29) is 10.8 Å². The van der Waals surface area contributed by atoms with Gasteiger partial charge in [0.05, 0.1) is 22.5 Å². The number of anilines is 2. The van der Waals surface area contributed by atoms with Crippen molar-refractivity contribution >= 4 is 23.0 Å². The van der Waals surface area contributed by atoms with Crippen LogP contribution in [-0.2, 0) is 12.4 Å². The number of hydrogen-bond acceptors (Lipinski definition) is 4. The van der Waals surface area contributed by atoms with Crippen LogP contribution in [0.1, 0.15) is 11.1 Å². The Morgan fingerprint density at radius 2 is 1.21 bits per heavy atom. The maximum atomic E-state index is 12.3. The molecule has 0 unspecified atom stereocenters. The van der Waals surface area contributed by atoms with E-state index in [4.69, 9.17) is 23.1 Å². The Hall–Kier alpha value is -2.30. The van der Waals surface area contributed by atoms with Crippen molar-refractivity contribution < 1.29 is 30.7 Å². The zero-order valence-corrected chi connectivity index (χ0v) is 12.1. The predicted molar refractivity (Wildman–Crippen MR) is 72.3 cm³/mol. The molecule has 0 radical (unpaired) electrons. The van der Waals surface area contributed by atoms with Crippen LogP contribution in [0.2, 0.25) is 5.15 Å². The van der Waals surface area contributed by atoms with Crippen molar-refractivity contribution in [2.75, 3.05) is 11.5 Å². The molecule has 0 saturated heterocycles. The number of alkyl halides is 6. The van der Waals surface area contributed by atoms with E-state index in [1.807, 2.05) is 0 Å². The van der Waals surface area contributed by atoms with Gasteiger partial charge >= 0.3 is 12.4 Å². The summed E-state index contributed by atoms with van der Waals surface area (Å²) in [7, 11) is 0. The third kappa shape index (κ3) is 5.41.